The van der Waals surface area contributed by atoms with Gasteiger partial charge in [0.15, 0.2) is 11.9 Å². The van der Waals surface area contributed by atoms with Crippen LogP contribution in [0.2, 0.25) is 5.31 Å². The van der Waals surface area contributed by atoms with Gasteiger partial charge >= 0.3 is 23.9 Å². The predicted molar refractivity (Wildman–Crippen MR) is 250 cm³/mol. The van der Waals surface area contributed by atoms with Crippen LogP contribution in [0.5, 0.6) is 0 Å². The number of rotatable bonds is 18. The maximum absolute atomic E-state index is 15.0. The van der Waals surface area contributed by atoms with E-state index in [0.29, 0.717) is 22.3 Å². The highest BCUT2D eigenvalue weighted by atomic mass is 16.6. The Morgan fingerprint density at radius 1 is 0.925 bits per heavy atom. The molecule has 2 aliphatic carbocycles. The number of benzene rings is 3. The first-order valence-corrected chi connectivity index (χ1v) is 22.8. The summed E-state index contributed by atoms with van der Waals surface area (Å²) in [5.74, 6) is -4.22. The first kappa shape index (κ1) is 50.8. The molecule has 11 atom stereocenters. The van der Waals surface area contributed by atoms with Gasteiger partial charge in [0.05, 0.1) is 30.2 Å². The third kappa shape index (κ3) is 11.1. The Kier molecular flexibility index (Phi) is 15.7. The van der Waals surface area contributed by atoms with Crippen molar-refractivity contribution in [3.63, 3.8) is 0 Å². The first-order valence-electron chi connectivity index (χ1n) is 22.8. The zero-order chi connectivity index (χ0) is 48.9. The molecule has 0 bridgehead atoms. The number of aliphatic hydroxyl groups is 2. The van der Waals surface area contributed by atoms with Crippen molar-refractivity contribution in [2.45, 2.75) is 127 Å². The van der Waals surface area contributed by atoms with Gasteiger partial charge in [-0.25, -0.2) is 4.79 Å². The van der Waals surface area contributed by atoms with Crippen LogP contribution in [0.1, 0.15) is 106 Å². The number of aliphatic hydroxyl groups excluding tert-OH is 1. The van der Waals surface area contributed by atoms with Gasteiger partial charge in [-0.05, 0) is 71.6 Å². The fourth-order valence-electron chi connectivity index (χ4n) is 10.4. The molecule has 67 heavy (non-hydrogen) atoms. The van der Waals surface area contributed by atoms with Gasteiger partial charge < -0.3 is 44.0 Å². The number of hydrogen-bond acceptors (Lipinski definition) is 13. The van der Waals surface area contributed by atoms with Crippen molar-refractivity contribution in [2.24, 2.45) is 17.3 Å². The number of ether oxygens (including phenoxy) is 6. The molecule has 2 fully saturated rings. The van der Waals surface area contributed by atoms with Crippen LogP contribution in [0.4, 0.5) is 0 Å². The number of carbonyl (C=O) groups is 5. The van der Waals surface area contributed by atoms with E-state index in [4.69, 9.17) is 28.4 Å². The highest BCUT2D eigenvalue weighted by molar-refractivity contribution is 6.18. The van der Waals surface area contributed by atoms with Crippen molar-refractivity contribution in [3.8, 4) is 0 Å². The van der Waals surface area contributed by atoms with Crippen molar-refractivity contribution < 1.29 is 62.6 Å². The molecule has 358 valence electrons. The Balaban J connectivity index is 1.44. The lowest BCUT2D eigenvalue weighted by atomic mass is 9.48. The second-order valence-corrected chi connectivity index (χ2v) is 19.4. The summed E-state index contributed by atoms with van der Waals surface area (Å²) in [6, 6.07) is 25.3. The number of amides is 1. The fraction of sp³-hybridized carbons (Fsp3) is 0.481. The van der Waals surface area contributed by atoms with Crippen LogP contribution >= 0.6 is 0 Å². The Hall–Kier alpha value is -5.61. The molecule has 14 nitrogen and oxygen atoms in total. The third-order valence-electron chi connectivity index (χ3n) is 14.0. The largest absolute Gasteiger partial charge is 0.459 e. The summed E-state index contributed by atoms with van der Waals surface area (Å²) < 4.78 is 36.7. The van der Waals surface area contributed by atoms with E-state index in [-0.39, 0.29) is 49.7 Å². The summed E-state index contributed by atoms with van der Waals surface area (Å²) in [6.07, 6.45) is -3.53. The number of hydrogen-bond donors (Lipinski definition) is 3. The SMILES string of the molecule is B[C@@]1(C)C([C@H](CC2(C)C[C@]3(OC(C)=O)COC3C[C@@H]2OC(O)C=C)OC(C)=O)=C(C)[C@@H](OC(=O)[C@H](C(C)C)[C@@H](NC(=O)c2ccccc2)c2ccccc2)CC1(O)COC(=O)c1ccccc1. The highest BCUT2D eigenvalue weighted by Gasteiger charge is 2.64. The minimum atomic E-state index is -1.95. The first-order chi connectivity index (χ1) is 31.6. The zero-order valence-electron chi connectivity index (χ0n) is 39.7. The fourth-order valence-corrected chi connectivity index (χ4v) is 10.4. The number of carbonyl (C=O) groups excluding carboxylic acids is 5. The van der Waals surface area contributed by atoms with Crippen molar-refractivity contribution in [1.29, 1.82) is 0 Å². The van der Waals surface area contributed by atoms with Gasteiger partial charge in [0.2, 0.25) is 0 Å². The molecular formula is C52H64BNO13. The lowest BCUT2D eigenvalue weighted by molar-refractivity contribution is -0.308. The third-order valence-corrected chi connectivity index (χ3v) is 14.0. The van der Waals surface area contributed by atoms with Gasteiger partial charge in [-0.15, -0.1) is 0 Å². The van der Waals surface area contributed by atoms with E-state index >= 15 is 0 Å². The molecule has 1 amide bonds. The zero-order valence-corrected chi connectivity index (χ0v) is 39.7. The quantitative estimate of drug-likeness (QED) is 0.0432. The molecular weight excluding hydrogens is 857 g/mol. The van der Waals surface area contributed by atoms with E-state index in [1.165, 1.54) is 19.9 Å². The van der Waals surface area contributed by atoms with E-state index in [1.54, 1.807) is 82.4 Å². The lowest BCUT2D eigenvalue weighted by Crippen LogP contribution is -2.69. The normalized spacial score (nSPS) is 28.6. The summed E-state index contributed by atoms with van der Waals surface area (Å²) in [5, 5.41) is 25.6. The number of fused-ring (bicyclic) bond motifs is 1. The average molecular weight is 922 g/mol. The maximum atomic E-state index is 15.0. The number of esters is 4. The second-order valence-electron chi connectivity index (χ2n) is 19.4. The van der Waals surface area contributed by atoms with Gasteiger partial charge in [-0.1, -0.05) is 101 Å². The summed E-state index contributed by atoms with van der Waals surface area (Å²) in [5.41, 5.74) is -1.77. The Morgan fingerprint density at radius 2 is 1.52 bits per heavy atom. The standard InChI is InChI=1S/C52H64BNO13/c1-9-42(57)66-40-25-41-51(29-62-41,67-34(6)56)28-49(40,7)26-39(64-33(5)55)44-32(4)38(27-52(61,50(44,8)53)30-63-47(59)37-23-17-12-18-24-37)65-48(60)43(31(2)3)45(35-19-13-10-14-20-35)54-46(58)36-21-15-11-16-22-36/h9-24,31,38-43,45,57,61H,1,25-30,53H2,2-8H3,(H,54,58)/t38-,39-,40-,41?,42?,43+,45-,49?,50-,51-,52?/m0/s1. The van der Waals surface area contributed by atoms with Gasteiger partial charge in [-0.2, -0.15) is 0 Å². The lowest BCUT2D eigenvalue weighted by Gasteiger charge is -2.59. The summed E-state index contributed by atoms with van der Waals surface area (Å²) in [4.78, 5) is 68.1. The highest BCUT2D eigenvalue weighted by Crippen LogP contribution is 2.58. The molecule has 1 saturated carbocycles. The van der Waals surface area contributed by atoms with Gasteiger partial charge in [0, 0.05) is 44.1 Å². The van der Waals surface area contributed by atoms with Crippen molar-refractivity contribution in [2.75, 3.05) is 13.2 Å². The molecule has 6 rings (SSSR count). The number of nitrogens with one attached hydrogen (secondary N) is 1. The molecule has 4 unspecified atom stereocenters. The van der Waals surface area contributed by atoms with E-state index < -0.39 is 95.1 Å². The minimum Gasteiger partial charge on any atom is -0.459 e. The van der Waals surface area contributed by atoms with Crippen LogP contribution in [-0.2, 0) is 42.8 Å². The molecule has 1 heterocycles. The van der Waals surface area contributed by atoms with Crippen LogP contribution < -0.4 is 5.32 Å². The van der Waals surface area contributed by atoms with Gasteiger partial charge in [0.1, 0.15) is 38.4 Å². The van der Waals surface area contributed by atoms with Crippen LogP contribution in [0.15, 0.2) is 115 Å². The summed E-state index contributed by atoms with van der Waals surface area (Å²) in [6.45, 7) is 15.0. The maximum Gasteiger partial charge on any atom is 0.338 e. The molecule has 1 saturated heterocycles. The molecule has 15 heteroatoms. The molecule has 1 aliphatic heterocycles. The minimum absolute atomic E-state index is 0.0176. The van der Waals surface area contributed by atoms with Crippen molar-refractivity contribution in [3.05, 3.63) is 131 Å². The van der Waals surface area contributed by atoms with E-state index in [0.717, 1.165) is 0 Å². The van der Waals surface area contributed by atoms with Gasteiger partial charge in [-0.3, -0.25) is 19.2 Å². The van der Waals surface area contributed by atoms with Crippen molar-refractivity contribution >= 4 is 37.6 Å². The summed E-state index contributed by atoms with van der Waals surface area (Å²) >= 11 is 0. The molecule has 3 N–H and O–H groups in total. The monoisotopic (exact) mass is 921 g/mol. The van der Waals surface area contributed by atoms with Crippen LogP contribution in [-0.4, -0.2) is 103 Å². The van der Waals surface area contributed by atoms with E-state index in [2.05, 4.69) is 11.9 Å². The van der Waals surface area contributed by atoms with Gasteiger partial charge in [0.25, 0.3) is 5.91 Å². The average Bonchev–Trinajstić information content (AvgIpc) is 3.27. The molecule has 3 aromatic rings. The van der Waals surface area contributed by atoms with Crippen LogP contribution in [0.3, 0.4) is 0 Å². The summed E-state index contributed by atoms with van der Waals surface area (Å²) in [7, 11) is 1.76. The van der Waals surface area contributed by atoms with E-state index in [1.807, 2.05) is 51.1 Å². The smallest absolute Gasteiger partial charge is 0.338 e. The second kappa shape index (κ2) is 20.7. The Morgan fingerprint density at radius 3 is 2.06 bits per heavy atom. The molecule has 3 aromatic carbocycles. The predicted octanol–water partition coefficient (Wildman–Crippen LogP) is 6.17. The molecule has 0 aromatic heterocycles. The van der Waals surface area contributed by atoms with E-state index in [9.17, 15) is 34.2 Å². The van der Waals surface area contributed by atoms with Crippen LogP contribution in [0, 0.1) is 17.3 Å². The Bertz CT molecular complexity index is 2300. The molecule has 0 spiro atoms. The molecule has 3 aliphatic rings. The van der Waals surface area contributed by atoms with Crippen molar-refractivity contribution in [1.82, 2.24) is 5.32 Å². The topological polar surface area (TPSA) is 193 Å². The van der Waals surface area contributed by atoms with Crippen LogP contribution in [0.25, 0.3) is 0 Å². The molecule has 0 radical (unpaired) electrons. The Labute approximate surface area is 393 Å².